The highest BCUT2D eigenvalue weighted by atomic mass is 32.2. The van der Waals surface area contributed by atoms with Crippen LogP contribution in [-0.4, -0.2) is 30.1 Å². The van der Waals surface area contributed by atoms with Crippen molar-refractivity contribution in [2.45, 2.75) is 12.7 Å². The molecule has 0 spiro atoms. The van der Waals surface area contributed by atoms with Gasteiger partial charge in [0.05, 0.1) is 35.7 Å². The predicted molar refractivity (Wildman–Crippen MR) is 115 cm³/mol. The van der Waals surface area contributed by atoms with E-state index in [-0.39, 0.29) is 29.3 Å². The lowest BCUT2D eigenvalue weighted by atomic mass is 10.2. The number of rotatable bonds is 6. The van der Waals surface area contributed by atoms with Crippen LogP contribution in [-0.2, 0) is 22.7 Å². The lowest BCUT2D eigenvalue weighted by molar-refractivity contribution is -0.137. The van der Waals surface area contributed by atoms with E-state index in [1.54, 1.807) is 12.1 Å². The Labute approximate surface area is 186 Å². The third-order valence-electron chi connectivity index (χ3n) is 4.62. The van der Waals surface area contributed by atoms with Gasteiger partial charge >= 0.3 is 6.18 Å². The number of alkyl halides is 3. The van der Waals surface area contributed by atoms with E-state index in [0.29, 0.717) is 11.3 Å². The van der Waals surface area contributed by atoms with Crippen molar-refractivity contribution >= 4 is 38.6 Å². The van der Waals surface area contributed by atoms with Crippen LogP contribution in [0.4, 0.5) is 24.8 Å². The number of hydrogen-bond donors (Lipinski definition) is 2. The molecule has 0 aliphatic heterocycles. The first-order valence-electron chi connectivity index (χ1n) is 9.49. The van der Waals surface area contributed by atoms with Gasteiger partial charge in [0, 0.05) is 11.3 Å². The number of imidazole rings is 1. The van der Waals surface area contributed by atoms with Crippen LogP contribution in [0.3, 0.4) is 0 Å². The molecular formula is C21H17F3N4O4S. The molecule has 0 atom stereocenters. The Hall–Kier alpha value is -3.80. The van der Waals surface area contributed by atoms with E-state index in [2.05, 4.69) is 15.0 Å². The summed E-state index contributed by atoms with van der Waals surface area (Å²) in [5.41, 5.74) is -0.156. The molecule has 172 valence electrons. The molecule has 2 N–H and O–H groups in total. The van der Waals surface area contributed by atoms with Crippen LogP contribution in [0.1, 0.15) is 21.7 Å². The molecule has 0 aliphatic rings. The van der Waals surface area contributed by atoms with Crippen molar-refractivity contribution in [3.8, 4) is 0 Å². The summed E-state index contributed by atoms with van der Waals surface area (Å²) in [6.45, 7) is 0.111. The highest BCUT2D eigenvalue weighted by Gasteiger charge is 2.31. The highest BCUT2D eigenvalue weighted by molar-refractivity contribution is 7.92. The van der Waals surface area contributed by atoms with Gasteiger partial charge in [-0.05, 0) is 48.5 Å². The molecule has 2 heterocycles. The molecule has 0 fully saturated rings. The Morgan fingerprint density at radius 2 is 1.91 bits per heavy atom. The smallest absolute Gasteiger partial charge is 0.416 e. The Morgan fingerprint density at radius 3 is 2.58 bits per heavy atom. The van der Waals surface area contributed by atoms with Crippen molar-refractivity contribution in [3.05, 3.63) is 77.7 Å². The standard InChI is InChI=1S/C21H17F3N4O4S/c1-33(30,31)27-15-5-2-4-13(10-15)19(29)26-20-25-17-11-14(21(22,23)24)7-8-18(17)28(20)12-16-6-3-9-32-16/h2-11,27H,12H2,1H3,(H,25,26,29). The number of carbonyl (C=O) groups is 1. The SMILES string of the molecule is CS(=O)(=O)Nc1cccc(C(=O)Nc2nc3cc(C(F)(F)F)ccc3n2Cc2ccco2)c1. The normalized spacial score (nSPS) is 12.1. The lowest BCUT2D eigenvalue weighted by Crippen LogP contribution is -2.17. The Balaban J connectivity index is 1.71. The topological polar surface area (TPSA) is 106 Å². The number of fused-ring (bicyclic) bond motifs is 1. The average Bonchev–Trinajstić information content (AvgIpc) is 3.34. The van der Waals surface area contributed by atoms with E-state index >= 15 is 0 Å². The number of halogens is 3. The number of aromatic nitrogens is 2. The van der Waals surface area contributed by atoms with Gasteiger partial charge in [-0.25, -0.2) is 13.4 Å². The van der Waals surface area contributed by atoms with Crippen LogP contribution < -0.4 is 10.0 Å². The maximum absolute atomic E-state index is 13.1. The van der Waals surface area contributed by atoms with Gasteiger partial charge in [0.2, 0.25) is 16.0 Å². The number of benzene rings is 2. The molecule has 4 aromatic rings. The summed E-state index contributed by atoms with van der Waals surface area (Å²) < 4.78 is 71.5. The van der Waals surface area contributed by atoms with Gasteiger partial charge in [-0.2, -0.15) is 13.2 Å². The van der Waals surface area contributed by atoms with Crippen molar-refractivity contribution in [3.63, 3.8) is 0 Å². The second kappa shape index (κ2) is 8.28. The highest BCUT2D eigenvalue weighted by Crippen LogP contribution is 2.32. The fourth-order valence-corrected chi connectivity index (χ4v) is 3.79. The zero-order valence-corrected chi connectivity index (χ0v) is 17.9. The molecule has 1 amide bonds. The minimum Gasteiger partial charge on any atom is -0.467 e. The van der Waals surface area contributed by atoms with Crippen LogP contribution in [0.5, 0.6) is 0 Å². The maximum atomic E-state index is 13.1. The fraction of sp³-hybridized carbons (Fsp3) is 0.143. The monoisotopic (exact) mass is 478 g/mol. The summed E-state index contributed by atoms with van der Waals surface area (Å²) in [4.78, 5) is 17.0. The van der Waals surface area contributed by atoms with Crippen molar-refractivity contribution in [1.29, 1.82) is 0 Å². The van der Waals surface area contributed by atoms with Gasteiger partial charge in [0.25, 0.3) is 5.91 Å². The Kier molecular flexibility index (Phi) is 5.62. The number of anilines is 2. The molecule has 0 radical (unpaired) electrons. The molecule has 0 aliphatic carbocycles. The number of nitrogens with zero attached hydrogens (tertiary/aromatic N) is 2. The number of carbonyl (C=O) groups excluding carboxylic acids is 1. The van der Waals surface area contributed by atoms with Crippen LogP contribution in [0, 0.1) is 0 Å². The van der Waals surface area contributed by atoms with E-state index in [1.165, 1.54) is 41.2 Å². The van der Waals surface area contributed by atoms with Crippen molar-refractivity contribution in [1.82, 2.24) is 9.55 Å². The fourth-order valence-electron chi connectivity index (χ4n) is 3.23. The average molecular weight is 478 g/mol. The lowest BCUT2D eigenvalue weighted by Gasteiger charge is -2.10. The summed E-state index contributed by atoms with van der Waals surface area (Å²) in [7, 11) is -3.55. The van der Waals surface area contributed by atoms with Gasteiger partial charge in [-0.15, -0.1) is 0 Å². The van der Waals surface area contributed by atoms with E-state index in [1.807, 2.05) is 0 Å². The third-order valence-corrected chi connectivity index (χ3v) is 5.23. The van der Waals surface area contributed by atoms with Gasteiger partial charge < -0.3 is 8.98 Å². The van der Waals surface area contributed by atoms with Crippen LogP contribution in [0.2, 0.25) is 0 Å². The number of sulfonamides is 1. The molecule has 12 heteroatoms. The second-order valence-electron chi connectivity index (χ2n) is 7.21. The van der Waals surface area contributed by atoms with E-state index in [0.717, 1.165) is 18.4 Å². The summed E-state index contributed by atoms with van der Waals surface area (Å²) >= 11 is 0. The van der Waals surface area contributed by atoms with Gasteiger partial charge in [0.1, 0.15) is 5.76 Å². The van der Waals surface area contributed by atoms with Gasteiger partial charge in [0.15, 0.2) is 0 Å². The molecule has 0 saturated heterocycles. The summed E-state index contributed by atoms with van der Waals surface area (Å²) in [6.07, 6.45) is -2.11. The summed E-state index contributed by atoms with van der Waals surface area (Å²) in [5, 5.41) is 2.59. The number of hydrogen-bond acceptors (Lipinski definition) is 5. The molecular weight excluding hydrogens is 461 g/mol. The Morgan fingerprint density at radius 1 is 1.12 bits per heavy atom. The second-order valence-corrected chi connectivity index (χ2v) is 8.96. The van der Waals surface area contributed by atoms with Crippen molar-refractivity contribution in [2.75, 3.05) is 16.3 Å². The molecule has 0 saturated carbocycles. The van der Waals surface area contributed by atoms with Crippen LogP contribution in [0.25, 0.3) is 11.0 Å². The minimum absolute atomic E-state index is 0.00667. The molecule has 33 heavy (non-hydrogen) atoms. The number of nitrogens with one attached hydrogen (secondary N) is 2. The number of furan rings is 1. The molecule has 8 nitrogen and oxygen atoms in total. The zero-order chi connectivity index (χ0) is 23.8. The van der Waals surface area contributed by atoms with Crippen molar-refractivity contribution < 1.29 is 30.8 Å². The predicted octanol–water partition coefficient (Wildman–Crippen LogP) is 4.32. The maximum Gasteiger partial charge on any atom is 0.416 e. The zero-order valence-electron chi connectivity index (χ0n) is 17.1. The van der Waals surface area contributed by atoms with Gasteiger partial charge in [-0.1, -0.05) is 6.07 Å². The first kappa shape index (κ1) is 22.4. The van der Waals surface area contributed by atoms with Crippen LogP contribution in [0.15, 0.2) is 65.3 Å². The van der Waals surface area contributed by atoms with Gasteiger partial charge in [-0.3, -0.25) is 14.8 Å². The molecule has 4 rings (SSSR count). The minimum atomic E-state index is -4.55. The summed E-state index contributed by atoms with van der Waals surface area (Å²) in [6, 6.07) is 12.2. The third kappa shape index (κ3) is 5.17. The molecule has 0 unspecified atom stereocenters. The summed E-state index contributed by atoms with van der Waals surface area (Å²) in [5.74, 6) is -0.115. The van der Waals surface area contributed by atoms with Crippen molar-refractivity contribution in [2.24, 2.45) is 0 Å². The quantitative estimate of drug-likeness (QED) is 0.429. The van der Waals surface area contributed by atoms with E-state index in [9.17, 15) is 26.4 Å². The largest absolute Gasteiger partial charge is 0.467 e. The van der Waals surface area contributed by atoms with E-state index in [4.69, 9.17) is 4.42 Å². The molecule has 2 aromatic carbocycles. The molecule has 0 bridgehead atoms. The first-order valence-corrected chi connectivity index (χ1v) is 11.4. The first-order chi connectivity index (χ1) is 15.5. The van der Waals surface area contributed by atoms with E-state index < -0.39 is 27.7 Å². The molecule has 2 aromatic heterocycles. The van der Waals surface area contributed by atoms with Crippen LogP contribution >= 0.6 is 0 Å². The Bertz CT molecular complexity index is 1430. The number of amides is 1.